The average molecular weight is 734 g/mol. The molecule has 4 aromatic heterocycles. The van der Waals surface area contributed by atoms with Crippen LogP contribution in [-0.4, -0.2) is 129 Å². The van der Waals surface area contributed by atoms with Crippen molar-refractivity contribution in [1.29, 1.82) is 0 Å². The fraction of sp³-hybridized carbons (Fsp3) is 0.378. The van der Waals surface area contributed by atoms with Crippen LogP contribution in [0, 0.1) is 0 Å². The molecule has 2 saturated heterocycles. The lowest BCUT2D eigenvalue weighted by atomic mass is 9.97. The van der Waals surface area contributed by atoms with E-state index < -0.39 is 7.14 Å². The van der Waals surface area contributed by atoms with E-state index in [9.17, 15) is 4.57 Å². The van der Waals surface area contributed by atoms with Gasteiger partial charge in [-0.2, -0.15) is 15.1 Å². The normalized spacial score (nSPS) is 17.4. The van der Waals surface area contributed by atoms with Crippen molar-refractivity contribution in [3.8, 4) is 16.9 Å². The number of aromatic nitrogens is 7. The van der Waals surface area contributed by atoms with E-state index in [4.69, 9.17) is 14.7 Å². The van der Waals surface area contributed by atoms with Crippen LogP contribution in [0.4, 0.5) is 28.8 Å². The van der Waals surface area contributed by atoms with Gasteiger partial charge in [-0.05, 0) is 44.6 Å². The highest BCUT2D eigenvalue weighted by atomic mass is 31.2. The number of likely N-dealkylation sites (N-methyl/N-ethyl adjacent to an activating group) is 1. The van der Waals surface area contributed by atoms with Crippen LogP contribution in [0.1, 0.15) is 5.56 Å². The van der Waals surface area contributed by atoms with E-state index in [0.717, 1.165) is 86.7 Å². The predicted molar refractivity (Wildman–Crippen MR) is 210 cm³/mol. The van der Waals surface area contributed by atoms with Gasteiger partial charge in [0.2, 0.25) is 5.95 Å². The largest absolute Gasteiger partial charge is 0.491 e. The number of piperazine rings is 2. The summed E-state index contributed by atoms with van der Waals surface area (Å²) in [6, 6.07) is 7.86. The SMILES string of the molecule is CN1CCN(N2CCN(c3c(-c4cnn(C)c4)cc(Nc4nc(Nc5ccc6nccnc6c5P(C)(C)=O)c5cc[nH]c5n4)c4c3CCO4)CC2)CC1. The van der Waals surface area contributed by atoms with Crippen LogP contribution in [0.2, 0.25) is 0 Å². The predicted octanol–water partition coefficient (Wildman–Crippen LogP) is 4.26. The van der Waals surface area contributed by atoms with Gasteiger partial charge in [0, 0.05) is 107 Å². The Morgan fingerprint density at radius 1 is 0.887 bits per heavy atom. The van der Waals surface area contributed by atoms with E-state index in [0.29, 0.717) is 46.0 Å². The van der Waals surface area contributed by atoms with E-state index in [-0.39, 0.29) is 0 Å². The zero-order valence-corrected chi connectivity index (χ0v) is 31.4. The quantitative estimate of drug-likeness (QED) is 0.192. The van der Waals surface area contributed by atoms with Crippen LogP contribution >= 0.6 is 7.14 Å². The second-order valence-corrected chi connectivity index (χ2v) is 17.6. The Morgan fingerprint density at radius 3 is 2.42 bits per heavy atom. The molecule has 274 valence electrons. The number of ether oxygens (including phenoxy) is 1. The first kappa shape index (κ1) is 33.7. The maximum absolute atomic E-state index is 13.7. The fourth-order valence-electron chi connectivity index (χ4n) is 7.89. The summed E-state index contributed by atoms with van der Waals surface area (Å²) in [5.41, 5.74) is 7.95. The number of fused-ring (bicyclic) bond motifs is 3. The molecule has 3 aliphatic rings. The highest BCUT2D eigenvalue weighted by molar-refractivity contribution is 7.71. The molecule has 7 heterocycles. The van der Waals surface area contributed by atoms with Gasteiger partial charge in [-0.3, -0.25) is 14.6 Å². The summed E-state index contributed by atoms with van der Waals surface area (Å²) in [5.74, 6) is 1.79. The molecule has 2 aromatic carbocycles. The molecule has 0 spiro atoms. The Morgan fingerprint density at radius 2 is 1.66 bits per heavy atom. The summed E-state index contributed by atoms with van der Waals surface area (Å²) in [6.45, 7) is 12.2. The molecule has 0 atom stereocenters. The maximum Gasteiger partial charge on any atom is 0.231 e. The fourth-order valence-corrected chi connectivity index (χ4v) is 9.28. The van der Waals surface area contributed by atoms with Crippen LogP contribution < -0.4 is 25.6 Å². The Bertz CT molecular complexity index is 2370. The first-order valence-electron chi connectivity index (χ1n) is 18.1. The van der Waals surface area contributed by atoms with Crippen LogP contribution in [0.25, 0.3) is 33.2 Å². The Labute approximate surface area is 307 Å². The number of H-pyrrole nitrogens is 1. The number of aryl methyl sites for hydroxylation is 1. The zero-order chi connectivity index (χ0) is 36.3. The monoisotopic (exact) mass is 733 g/mol. The molecule has 0 unspecified atom stereocenters. The molecule has 16 heteroatoms. The average Bonchev–Trinajstić information content (AvgIpc) is 3.93. The van der Waals surface area contributed by atoms with Gasteiger partial charge in [-0.1, -0.05) is 0 Å². The number of rotatable bonds is 8. The number of benzene rings is 2. The lowest BCUT2D eigenvalue weighted by Gasteiger charge is -2.45. The van der Waals surface area contributed by atoms with Crippen molar-refractivity contribution >= 4 is 63.3 Å². The molecule has 2 fully saturated rings. The van der Waals surface area contributed by atoms with E-state index in [1.54, 1.807) is 25.7 Å². The molecule has 3 aliphatic heterocycles. The van der Waals surface area contributed by atoms with Crippen molar-refractivity contribution in [2.45, 2.75) is 6.42 Å². The van der Waals surface area contributed by atoms with E-state index in [1.165, 1.54) is 11.3 Å². The van der Waals surface area contributed by atoms with E-state index in [2.05, 4.69) is 69.8 Å². The van der Waals surface area contributed by atoms with Gasteiger partial charge in [0.25, 0.3) is 0 Å². The molecular weight excluding hydrogens is 689 g/mol. The van der Waals surface area contributed by atoms with Gasteiger partial charge in [-0.25, -0.2) is 10.0 Å². The molecule has 0 aliphatic carbocycles. The molecule has 15 nitrogen and oxygen atoms in total. The minimum Gasteiger partial charge on any atom is -0.491 e. The first-order chi connectivity index (χ1) is 25.7. The molecule has 0 saturated carbocycles. The van der Waals surface area contributed by atoms with Crippen LogP contribution in [0.5, 0.6) is 5.75 Å². The summed E-state index contributed by atoms with van der Waals surface area (Å²) in [4.78, 5) is 27.0. The number of nitrogens with zero attached hydrogens (tertiary/aromatic N) is 10. The molecule has 6 aromatic rings. The highest BCUT2D eigenvalue weighted by Crippen LogP contribution is 2.48. The second-order valence-electron chi connectivity index (χ2n) is 14.4. The van der Waals surface area contributed by atoms with Crippen molar-refractivity contribution in [2.75, 3.05) is 94.9 Å². The standard InChI is InChI=1S/C37H44N13O2P/c1-46-12-16-49(17-13-46)50-18-14-48(15-19-50)32-25-8-20-52-33(25)30(21-27(32)24-22-41-47(2)23-24)43-37-44-35-26(7-9-40-35)36(45-37)42-29-6-5-28-31(39-11-10-38-28)34(29)53(3,4)51/h5-7,9-11,21-23H,8,12-20H2,1-4H3,(H3,40,42,43,44,45). The van der Waals surface area contributed by atoms with Crippen molar-refractivity contribution < 1.29 is 9.30 Å². The number of hydrogen-bond acceptors (Lipinski definition) is 13. The van der Waals surface area contributed by atoms with Crippen molar-refractivity contribution in [2.24, 2.45) is 7.05 Å². The lowest BCUT2D eigenvalue weighted by Crippen LogP contribution is -2.58. The minimum atomic E-state index is -2.79. The van der Waals surface area contributed by atoms with E-state index in [1.807, 2.05) is 42.3 Å². The summed E-state index contributed by atoms with van der Waals surface area (Å²) >= 11 is 0. The van der Waals surface area contributed by atoms with Crippen molar-refractivity contribution in [1.82, 2.24) is 49.6 Å². The Hall–Kier alpha value is -5.08. The Balaban J connectivity index is 1.08. The lowest BCUT2D eigenvalue weighted by molar-refractivity contribution is -0.0564. The zero-order valence-electron chi connectivity index (χ0n) is 30.5. The van der Waals surface area contributed by atoms with Crippen molar-refractivity contribution in [3.63, 3.8) is 0 Å². The van der Waals surface area contributed by atoms with Gasteiger partial charge >= 0.3 is 0 Å². The minimum absolute atomic E-state index is 0.393. The third-order valence-corrected chi connectivity index (χ3v) is 12.0. The van der Waals surface area contributed by atoms with E-state index >= 15 is 0 Å². The van der Waals surface area contributed by atoms with Gasteiger partial charge in [0.1, 0.15) is 29.9 Å². The Kier molecular flexibility index (Phi) is 8.53. The molecule has 0 amide bonds. The summed E-state index contributed by atoms with van der Waals surface area (Å²) in [6.07, 6.45) is 9.91. The number of anilines is 5. The van der Waals surface area contributed by atoms with Gasteiger partial charge in [0.05, 0.1) is 46.1 Å². The summed E-state index contributed by atoms with van der Waals surface area (Å²) in [7, 11) is 1.36. The molecule has 3 N–H and O–H groups in total. The molecule has 0 radical (unpaired) electrons. The third-order valence-electron chi connectivity index (χ3n) is 10.5. The smallest absolute Gasteiger partial charge is 0.231 e. The van der Waals surface area contributed by atoms with Gasteiger partial charge < -0.3 is 34.7 Å². The molecule has 53 heavy (non-hydrogen) atoms. The maximum atomic E-state index is 13.7. The number of hydrogen-bond donors (Lipinski definition) is 3. The van der Waals surface area contributed by atoms with Crippen molar-refractivity contribution in [3.05, 3.63) is 60.8 Å². The number of aromatic amines is 1. The van der Waals surface area contributed by atoms with Crippen LogP contribution in [0.15, 0.2) is 55.2 Å². The second kappa shape index (κ2) is 13.4. The summed E-state index contributed by atoms with van der Waals surface area (Å²) < 4.78 is 21.9. The van der Waals surface area contributed by atoms with Crippen LogP contribution in [-0.2, 0) is 18.0 Å². The summed E-state index contributed by atoms with van der Waals surface area (Å²) in [5, 5.41) is 18.1. The topological polar surface area (TPSA) is 148 Å². The van der Waals surface area contributed by atoms with Gasteiger partial charge in [-0.15, -0.1) is 0 Å². The molecule has 0 bridgehead atoms. The van der Waals surface area contributed by atoms with Crippen LogP contribution in [0.3, 0.4) is 0 Å². The highest BCUT2D eigenvalue weighted by Gasteiger charge is 2.32. The van der Waals surface area contributed by atoms with Gasteiger partial charge in [0.15, 0.2) is 0 Å². The molecule has 9 rings (SSSR count). The number of hydrazine groups is 1. The first-order valence-corrected chi connectivity index (χ1v) is 20.7. The molecular formula is C37H44N13O2P. The number of nitrogens with one attached hydrogen (secondary N) is 3. The third kappa shape index (κ3) is 6.37.